The lowest BCUT2D eigenvalue weighted by Crippen LogP contribution is -2.57. The van der Waals surface area contributed by atoms with E-state index in [9.17, 15) is 5.11 Å². The van der Waals surface area contributed by atoms with Gasteiger partial charge >= 0.3 is 0 Å². The van der Waals surface area contributed by atoms with Gasteiger partial charge in [-0.1, -0.05) is 34.1 Å². The summed E-state index contributed by atoms with van der Waals surface area (Å²) in [5, 5.41) is 10.5. The molecule has 1 aliphatic heterocycles. The Morgan fingerprint density at radius 2 is 1.87 bits per heavy atom. The van der Waals surface area contributed by atoms with Crippen LogP contribution in [0.15, 0.2) is 0 Å². The highest BCUT2D eigenvalue weighted by molar-refractivity contribution is 5.00. The molecule has 0 saturated carbocycles. The van der Waals surface area contributed by atoms with E-state index in [1.165, 1.54) is 0 Å². The Morgan fingerprint density at radius 3 is 2.33 bits per heavy atom. The van der Waals surface area contributed by atoms with Crippen molar-refractivity contribution in [3.63, 3.8) is 0 Å². The van der Waals surface area contributed by atoms with Crippen LogP contribution in [0.2, 0.25) is 0 Å². The minimum absolute atomic E-state index is 0.147. The van der Waals surface area contributed by atoms with Crippen LogP contribution in [0, 0.1) is 5.41 Å². The third-order valence-electron chi connectivity index (χ3n) is 4.16. The predicted molar refractivity (Wildman–Crippen MR) is 62.9 cm³/mol. The van der Waals surface area contributed by atoms with Gasteiger partial charge in [0.05, 0.1) is 17.8 Å². The molecular weight excluding hydrogens is 188 g/mol. The van der Waals surface area contributed by atoms with Crippen LogP contribution in [0.25, 0.3) is 0 Å². The second kappa shape index (κ2) is 4.42. The molecule has 1 rings (SSSR count). The van der Waals surface area contributed by atoms with E-state index < -0.39 is 5.60 Å². The maximum atomic E-state index is 10.5. The van der Waals surface area contributed by atoms with Gasteiger partial charge in [-0.15, -0.1) is 0 Å². The van der Waals surface area contributed by atoms with Crippen molar-refractivity contribution in [2.24, 2.45) is 5.41 Å². The van der Waals surface area contributed by atoms with E-state index in [-0.39, 0.29) is 17.6 Å². The Balaban J connectivity index is 2.80. The number of hydrogen-bond donors (Lipinski definition) is 1. The molecule has 0 bridgehead atoms. The summed E-state index contributed by atoms with van der Waals surface area (Å²) in [7, 11) is 0. The van der Waals surface area contributed by atoms with Gasteiger partial charge in [0.25, 0.3) is 0 Å². The molecule has 3 atom stereocenters. The topological polar surface area (TPSA) is 29.5 Å². The highest BCUT2D eigenvalue weighted by atomic mass is 16.5. The molecule has 0 aromatic heterocycles. The van der Waals surface area contributed by atoms with E-state index >= 15 is 0 Å². The molecule has 1 fully saturated rings. The first kappa shape index (κ1) is 13.0. The zero-order valence-electron chi connectivity index (χ0n) is 10.8. The zero-order valence-corrected chi connectivity index (χ0v) is 10.8. The molecule has 1 saturated heterocycles. The molecule has 1 N–H and O–H groups in total. The Hall–Kier alpha value is -0.0800. The monoisotopic (exact) mass is 214 g/mol. The minimum Gasteiger partial charge on any atom is -0.389 e. The van der Waals surface area contributed by atoms with Crippen molar-refractivity contribution >= 4 is 0 Å². The van der Waals surface area contributed by atoms with E-state index in [1.54, 1.807) is 0 Å². The Labute approximate surface area is 94.0 Å². The van der Waals surface area contributed by atoms with Crippen molar-refractivity contribution in [2.75, 3.05) is 0 Å². The lowest BCUT2D eigenvalue weighted by molar-refractivity contribution is -0.219. The summed E-state index contributed by atoms with van der Waals surface area (Å²) < 4.78 is 6.07. The standard InChI is InChI=1S/C13H26O2/c1-6-8-10-9-13(5,14)12(3,4)11(7-2)15-10/h10-11,14H,6-9H2,1-5H3. The third-order valence-corrected chi connectivity index (χ3v) is 4.16. The SMILES string of the molecule is CCCC1CC(C)(O)C(C)(C)C(CC)O1. The van der Waals surface area contributed by atoms with Gasteiger partial charge < -0.3 is 9.84 Å². The van der Waals surface area contributed by atoms with E-state index in [4.69, 9.17) is 4.74 Å². The molecule has 0 radical (unpaired) electrons. The van der Waals surface area contributed by atoms with Crippen LogP contribution in [0.1, 0.15) is 60.3 Å². The van der Waals surface area contributed by atoms with Crippen LogP contribution >= 0.6 is 0 Å². The molecular formula is C13H26O2. The summed E-state index contributed by atoms with van der Waals surface area (Å²) in [6, 6.07) is 0. The Bertz CT molecular complexity index is 209. The highest BCUT2D eigenvalue weighted by Crippen LogP contribution is 2.45. The van der Waals surface area contributed by atoms with Gasteiger partial charge in [-0.05, 0) is 19.8 Å². The summed E-state index contributed by atoms with van der Waals surface area (Å²) in [6.07, 6.45) is 4.34. The molecule has 1 heterocycles. The molecule has 1 aliphatic rings. The molecule has 0 amide bonds. The second-order valence-electron chi connectivity index (χ2n) is 5.64. The fourth-order valence-electron chi connectivity index (χ4n) is 2.60. The molecule has 0 aromatic carbocycles. The largest absolute Gasteiger partial charge is 0.389 e. The summed E-state index contributed by atoms with van der Waals surface area (Å²) in [4.78, 5) is 0. The lowest BCUT2D eigenvalue weighted by atomic mass is 9.66. The summed E-state index contributed by atoms with van der Waals surface area (Å²) in [5.74, 6) is 0. The van der Waals surface area contributed by atoms with Crippen LogP contribution < -0.4 is 0 Å². The first-order valence-corrected chi connectivity index (χ1v) is 6.23. The van der Waals surface area contributed by atoms with Gasteiger partial charge in [-0.3, -0.25) is 0 Å². The van der Waals surface area contributed by atoms with Crippen molar-refractivity contribution < 1.29 is 9.84 Å². The van der Waals surface area contributed by atoms with E-state index in [0.717, 1.165) is 25.7 Å². The number of rotatable bonds is 3. The van der Waals surface area contributed by atoms with Gasteiger partial charge in [-0.2, -0.15) is 0 Å². The van der Waals surface area contributed by atoms with Crippen LogP contribution in [-0.4, -0.2) is 22.9 Å². The average molecular weight is 214 g/mol. The Kier molecular flexibility index (Phi) is 3.83. The fraction of sp³-hybridized carbons (Fsp3) is 1.00. The quantitative estimate of drug-likeness (QED) is 0.782. The van der Waals surface area contributed by atoms with Gasteiger partial charge in [0.2, 0.25) is 0 Å². The van der Waals surface area contributed by atoms with Crippen LogP contribution in [0.5, 0.6) is 0 Å². The lowest BCUT2D eigenvalue weighted by Gasteiger charge is -2.52. The fourth-order valence-corrected chi connectivity index (χ4v) is 2.60. The normalized spacial score (nSPS) is 40.4. The number of ether oxygens (including phenoxy) is 1. The molecule has 15 heavy (non-hydrogen) atoms. The smallest absolute Gasteiger partial charge is 0.0719 e. The highest BCUT2D eigenvalue weighted by Gasteiger charge is 2.50. The molecule has 0 aliphatic carbocycles. The number of aliphatic hydroxyl groups is 1. The maximum absolute atomic E-state index is 10.5. The van der Waals surface area contributed by atoms with E-state index in [1.807, 2.05) is 6.92 Å². The van der Waals surface area contributed by atoms with Crippen LogP contribution in [-0.2, 0) is 4.74 Å². The van der Waals surface area contributed by atoms with Gasteiger partial charge in [0, 0.05) is 11.8 Å². The summed E-state index contributed by atoms with van der Waals surface area (Å²) in [5.41, 5.74) is -0.752. The summed E-state index contributed by atoms with van der Waals surface area (Å²) >= 11 is 0. The molecule has 2 nitrogen and oxygen atoms in total. The van der Waals surface area contributed by atoms with E-state index in [0.29, 0.717) is 0 Å². The molecule has 3 unspecified atom stereocenters. The molecule has 0 spiro atoms. The van der Waals surface area contributed by atoms with Crippen molar-refractivity contribution in [3.8, 4) is 0 Å². The average Bonchev–Trinajstić information content (AvgIpc) is 2.11. The van der Waals surface area contributed by atoms with Crippen LogP contribution in [0.3, 0.4) is 0 Å². The van der Waals surface area contributed by atoms with Crippen molar-refractivity contribution in [1.82, 2.24) is 0 Å². The van der Waals surface area contributed by atoms with Crippen molar-refractivity contribution in [3.05, 3.63) is 0 Å². The predicted octanol–water partition coefficient (Wildman–Crippen LogP) is 3.13. The van der Waals surface area contributed by atoms with E-state index in [2.05, 4.69) is 27.7 Å². The van der Waals surface area contributed by atoms with Crippen molar-refractivity contribution in [2.45, 2.75) is 78.1 Å². The molecule has 0 aromatic rings. The summed E-state index contributed by atoms with van der Waals surface area (Å²) in [6.45, 7) is 10.5. The second-order valence-corrected chi connectivity index (χ2v) is 5.64. The molecule has 2 heteroatoms. The van der Waals surface area contributed by atoms with Gasteiger partial charge in [0.15, 0.2) is 0 Å². The van der Waals surface area contributed by atoms with Gasteiger partial charge in [0.1, 0.15) is 0 Å². The minimum atomic E-state index is -0.605. The number of hydrogen-bond acceptors (Lipinski definition) is 2. The third kappa shape index (κ3) is 2.36. The van der Waals surface area contributed by atoms with Crippen LogP contribution in [0.4, 0.5) is 0 Å². The van der Waals surface area contributed by atoms with Gasteiger partial charge in [-0.25, -0.2) is 0 Å². The molecule has 90 valence electrons. The first-order valence-electron chi connectivity index (χ1n) is 6.23. The van der Waals surface area contributed by atoms with Crippen molar-refractivity contribution in [1.29, 1.82) is 0 Å². The zero-order chi connectivity index (χ0) is 11.7. The Morgan fingerprint density at radius 1 is 1.27 bits per heavy atom. The maximum Gasteiger partial charge on any atom is 0.0719 e. The first-order chi connectivity index (χ1) is 6.85.